The summed E-state index contributed by atoms with van der Waals surface area (Å²) in [7, 11) is 0. The van der Waals surface area contributed by atoms with E-state index in [1.54, 1.807) is 0 Å². The Kier molecular flexibility index (Phi) is 10.2. The zero-order chi connectivity index (χ0) is 27.5. The third-order valence-electron chi connectivity index (χ3n) is 7.50. The fraction of sp³-hybridized carbons (Fsp3) is 0.243. The lowest BCUT2D eigenvalue weighted by molar-refractivity contribution is 0.865. The Morgan fingerprint density at radius 1 is 0.538 bits per heavy atom. The molecule has 0 saturated carbocycles. The van der Waals surface area contributed by atoms with Gasteiger partial charge in [-0.25, -0.2) is 0 Å². The largest absolute Gasteiger partial charge is 0.372 e. The van der Waals surface area contributed by atoms with E-state index in [1.165, 1.54) is 39.2 Å². The van der Waals surface area contributed by atoms with Crippen LogP contribution >= 0.6 is 0 Å². The van der Waals surface area contributed by atoms with E-state index in [0.29, 0.717) is 0 Å². The van der Waals surface area contributed by atoms with Crippen LogP contribution in [0.2, 0.25) is 0 Å². The SMILES string of the molecule is CCN(CC)c1ccc(C(=CC=CC(c2ccccc2)c2ccc(N(CC)CC)cc2)c2ccccc2)cc1. The van der Waals surface area contributed by atoms with Crippen LogP contribution in [0.25, 0.3) is 5.57 Å². The third-order valence-corrected chi connectivity index (χ3v) is 7.50. The molecule has 0 aromatic heterocycles. The lowest BCUT2D eigenvalue weighted by Gasteiger charge is -2.22. The molecule has 0 amide bonds. The monoisotopic (exact) mass is 514 g/mol. The number of rotatable bonds is 12. The normalized spacial score (nSPS) is 12.5. The van der Waals surface area contributed by atoms with Gasteiger partial charge in [-0.1, -0.05) is 103 Å². The molecule has 0 saturated heterocycles. The van der Waals surface area contributed by atoms with Gasteiger partial charge in [0.25, 0.3) is 0 Å². The van der Waals surface area contributed by atoms with Gasteiger partial charge in [0.15, 0.2) is 0 Å². The van der Waals surface area contributed by atoms with Crippen LogP contribution < -0.4 is 9.80 Å². The van der Waals surface area contributed by atoms with Crippen LogP contribution in [-0.4, -0.2) is 26.2 Å². The van der Waals surface area contributed by atoms with E-state index < -0.39 is 0 Å². The Balaban J connectivity index is 1.70. The first kappa shape index (κ1) is 28.0. The molecule has 1 unspecified atom stereocenters. The molecule has 0 aliphatic heterocycles. The van der Waals surface area contributed by atoms with Gasteiger partial charge in [-0.05, 0) is 79.8 Å². The average molecular weight is 515 g/mol. The topological polar surface area (TPSA) is 6.48 Å². The van der Waals surface area contributed by atoms with E-state index >= 15 is 0 Å². The molecule has 0 aliphatic carbocycles. The van der Waals surface area contributed by atoms with Crippen molar-refractivity contribution in [1.82, 2.24) is 0 Å². The first-order valence-corrected chi connectivity index (χ1v) is 14.4. The molecular weight excluding hydrogens is 472 g/mol. The second-order valence-corrected chi connectivity index (χ2v) is 9.70. The van der Waals surface area contributed by atoms with Crippen LogP contribution in [0.15, 0.2) is 127 Å². The summed E-state index contributed by atoms with van der Waals surface area (Å²) in [5.74, 6) is 0.176. The van der Waals surface area contributed by atoms with Crippen molar-refractivity contribution >= 4 is 16.9 Å². The zero-order valence-electron chi connectivity index (χ0n) is 23.9. The quantitative estimate of drug-likeness (QED) is 0.174. The fourth-order valence-electron chi connectivity index (χ4n) is 5.24. The summed E-state index contributed by atoms with van der Waals surface area (Å²) in [5, 5.41) is 0. The summed E-state index contributed by atoms with van der Waals surface area (Å²) < 4.78 is 0. The van der Waals surface area contributed by atoms with Crippen LogP contribution in [0.1, 0.15) is 55.9 Å². The molecule has 0 aliphatic rings. The lowest BCUT2D eigenvalue weighted by Crippen LogP contribution is -2.21. The maximum Gasteiger partial charge on any atom is 0.0366 e. The Bertz CT molecular complexity index is 1310. The highest BCUT2D eigenvalue weighted by atomic mass is 15.1. The molecule has 2 nitrogen and oxygen atoms in total. The number of nitrogens with zero attached hydrogens (tertiary/aromatic N) is 2. The fourth-order valence-corrected chi connectivity index (χ4v) is 5.24. The van der Waals surface area contributed by atoms with Crippen molar-refractivity contribution in [2.45, 2.75) is 33.6 Å². The minimum atomic E-state index is 0.176. The minimum Gasteiger partial charge on any atom is -0.372 e. The van der Waals surface area contributed by atoms with Crippen molar-refractivity contribution in [1.29, 1.82) is 0 Å². The second kappa shape index (κ2) is 14.2. The molecule has 2 heteroatoms. The molecule has 0 bridgehead atoms. The molecule has 0 spiro atoms. The highest BCUT2D eigenvalue weighted by Crippen LogP contribution is 2.30. The Labute approximate surface area is 235 Å². The molecule has 0 fully saturated rings. The highest BCUT2D eigenvalue weighted by Gasteiger charge is 2.12. The average Bonchev–Trinajstić information content (AvgIpc) is 3.00. The van der Waals surface area contributed by atoms with E-state index in [0.717, 1.165) is 26.2 Å². The van der Waals surface area contributed by atoms with Crippen molar-refractivity contribution in [3.63, 3.8) is 0 Å². The summed E-state index contributed by atoms with van der Waals surface area (Å²) in [5.41, 5.74) is 8.80. The summed E-state index contributed by atoms with van der Waals surface area (Å²) >= 11 is 0. The van der Waals surface area contributed by atoms with Crippen molar-refractivity contribution in [2.24, 2.45) is 0 Å². The maximum absolute atomic E-state index is 2.39. The van der Waals surface area contributed by atoms with Crippen molar-refractivity contribution in [2.75, 3.05) is 36.0 Å². The number of benzene rings is 4. The first-order valence-electron chi connectivity index (χ1n) is 14.4. The highest BCUT2D eigenvalue weighted by molar-refractivity contribution is 5.81. The number of hydrogen-bond acceptors (Lipinski definition) is 2. The summed E-state index contributed by atoms with van der Waals surface area (Å²) in [6, 6.07) is 39.5. The third kappa shape index (κ3) is 7.09. The van der Waals surface area contributed by atoms with Crippen LogP contribution in [-0.2, 0) is 0 Å². The van der Waals surface area contributed by atoms with E-state index in [4.69, 9.17) is 0 Å². The van der Waals surface area contributed by atoms with E-state index in [9.17, 15) is 0 Å². The number of anilines is 2. The van der Waals surface area contributed by atoms with Gasteiger partial charge in [-0.3, -0.25) is 0 Å². The molecule has 0 heterocycles. The number of hydrogen-bond donors (Lipinski definition) is 0. The Morgan fingerprint density at radius 2 is 0.974 bits per heavy atom. The van der Waals surface area contributed by atoms with Crippen LogP contribution in [0.3, 0.4) is 0 Å². The predicted molar refractivity (Wildman–Crippen MR) is 171 cm³/mol. The molecule has 4 rings (SSSR count). The van der Waals surface area contributed by atoms with Crippen molar-refractivity contribution in [3.05, 3.63) is 150 Å². The second-order valence-electron chi connectivity index (χ2n) is 9.70. The Morgan fingerprint density at radius 3 is 1.49 bits per heavy atom. The zero-order valence-corrected chi connectivity index (χ0v) is 23.9. The number of allylic oxidation sites excluding steroid dienone is 3. The van der Waals surface area contributed by atoms with Gasteiger partial charge in [0.1, 0.15) is 0 Å². The maximum atomic E-state index is 2.39. The smallest absolute Gasteiger partial charge is 0.0366 e. The first-order chi connectivity index (χ1) is 19.2. The van der Waals surface area contributed by atoms with E-state index in [2.05, 4.69) is 165 Å². The van der Waals surface area contributed by atoms with Gasteiger partial charge >= 0.3 is 0 Å². The standard InChI is InChI=1S/C37H42N2/c1-5-38(6-2)34-26-22-32(23-27-34)36(30-16-11-9-12-17-30)20-15-21-37(31-18-13-10-14-19-31)33-24-28-35(29-25-33)39(7-3)8-4/h9-29,36H,5-8H2,1-4H3. The summed E-state index contributed by atoms with van der Waals surface area (Å²) in [6.45, 7) is 12.9. The summed E-state index contributed by atoms with van der Waals surface area (Å²) in [6.07, 6.45) is 6.83. The van der Waals surface area contributed by atoms with Gasteiger partial charge in [0.05, 0.1) is 0 Å². The summed E-state index contributed by atoms with van der Waals surface area (Å²) in [4.78, 5) is 4.77. The van der Waals surface area contributed by atoms with Gasteiger partial charge in [-0.2, -0.15) is 0 Å². The molecule has 4 aromatic rings. The molecule has 0 N–H and O–H groups in total. The van der Waals surface area contributed by atoms with Gasteiger partial charge in [0.2, 0.25) is 0 Å². The van der Waals surface area contributed by atoms with Gasteiger partial charge < -0.3 is 9.80 Å². The molecule has 4 aromatic carbocycles. The van der Waals surface area contributed by atoms with Gasteiger partial charge in [0, 0.05) is 43.5 Å². The Hall–Kier alpha value is -4.04. The lowest BCUT2D eigenvalue weighted by atomic mass is 9.90. The molecular formula is C37H42N2. The predicted octanol–water partition coefficient (Wildman–Crippen LogP) is 9.20. The van der Waals surface area contributed by atoms with Crippen LogP contribution in [0.5, 0.6) is 0 Å². The van der Waals surface area contributed by atoms with Crippen molar-refractivity contribution in [3.8, 4) is 0 Å². The van der Waals surface area contributed by atoms with E-state index in [-0.39, 0.29) is 5.92 Å². The molecule has 39 heavy (non-hydrogen) atoms. The van der Waals surface area contributed by atoms with Gasteiger partial charge in [-0.15, -0.1) is 0 Å². The van der Waals surface area contributed by atoms with E-state index in [1.807, 2.05) is 0 Å². The van der Waals surface area contributed by atoms with Crippen LogP contribution in [0, 0.1) is 0 Å². The van der Waals surface area contributed by atoms with Crippen LogP contribution in [0.4, 0.5) is 11.4 Å². The molecule has 1 atom stereocenters. The minimum absolute atomic E-state index is 0.176. The molecule has 0 radical (unpaired) electrons. The molecule has 200 valence electrons. The van der Waals surface area contributed by atoms with Crippen molar-refractivity contribution < 1.29 is 0 Å².